The number of aromatic nitrogens is 4. The molecule has 4 aromatic rings. The molecule has 1 aliphatic heterocycles. The fraction of sp³-hybridized carbons (Fsp3) is 0.250. The largest absolute Gasteiger partial charge is 0.573 e. The van der Waals surface area contributed by atoms with Crippen LogP contribution in [0, 0.1) is 11.6 Å². The molecule has 0 aliphatic carbocycles. The molecule has 38 heavy (non-hydrogen) atoms. The van der Waals surface area contributed by atoms with Crippen LogP contribution in [0.2, 0.25) is 0 Å². The minimum Gasteiger partial charge on any atom is -0.406 e. The van der Waals surface area contributed by atoms with Crippen LogP contribution in [0.3, 0.4) is 0 Å². The van der Waals surface area contributed by atoms with Gasteiger partial charge in [0.1, 0.15) is 35.2 Å². The molecule has 0 atom stereocenters. The highest BCUT2D eigenvalue weighted by Crippen LogP contribution is 2.39. The Bertz CT molecular complexity index is 1570. The Kier molecular flexibility index (Phi) is 6.04. The Hall–Kier alpha value is -4.49. The number of ether oxygens (including phenoxy) is 1. The lowest BCUT2D eigenvalue weighted by molar-refractivity contribution is -0.274. The lowest BCUT2D eigenvalue weighted by atomic mass is 10.0. The normalized spacial score (nSPS) is 13.3. The Morgan fingerprint density at radius 2 is 1.92 bits per heavy atom. The van der Waals surface area contributed by atoms with Crippen LogP contribution in [0.1, 0.15) is 25.5 Å². The second-order valence-corrected chi connectivity index (χ2v) is 8.79. The molecular formula is C24H20F5N7O2. The molecule has 0 saturated heterocycles. The summed E-state index contributed by atoms with van der Waals surface area (Å²) in [5, 5.41) is 7.15. The number of benzene rings is 2. The third-order valence-electron chi connectivity index (χ3n) is 6.02. The van der Waals surface area contributed by atoms with Gasteiger partial charge in [0.25, 0.3) is 0 Å². The second-order valence-electron chi connectivity index (χ2n) is 8.79. The zero-order valence-corrected chi connectivity index (χ0v) is 20.0. The zero-order valence-electron chi connectivity index (χ0n) is 20.0. The standard InChI is InChI=1S/C24H20F5N7O2/c1-11(2)36-22-18(21(30)31-10-32-22)20(34-36)14-4-6-17-13(19(14)26)7-8-35(17)23(37)33-16-9-12(3-5-15(16)25)38-24(27,28)29/h3-6,9-11H,7-8H2,1-2H3,(H,33,37)(H2,30,31,32). The van der Waals surface area contributed by atoms with Gasteiger partial charge in [0.05, 0.1) is 16.8 Å². The monoisotopic (exact) mass is 533 g/mol. The van der Waals surface area contributed by atoms with Crippen LogP contribution in [0.5, 0.6) is 5.75 Å². The first-order chi connectivity index (χ1) is 17.9. The van der Waals surface area contributed by atoms with E-state index >= 15 is 4.39 Å². The first-order valence-electron chi connectivity index (χ1n) is 11.4. The number of hydrogen-bond donors (Lipinski definition) is 2. The maximum Gasteiger partial charge on any atom is 0.573 e. The molecule has 198 valence electrons. The number of nitrogens with one attached hydrogen (secondary N) is 1. The first kappa shape index (κ1) is 25.2. The topological polar surface area (TPSA) is 111 Å². The van der Waals surface area contributed by atoms with Gasteiger partial charge in [-0.1, -0.05) is 0 Å². The van der Waals surface area contributed by atoms with E-state index < -0.39 is 35.5 Å². The van der Waals surface area contributed by atoms with Crippen LogP contribution in [0.15, 0.2) is 36.7 Å². The molecule has 14 heteroatoms. The number of carbonyl (C=O) groups is 1. The summed E-state index contributed by atoms with van der Waals surface area (Å²) in [5.41, 5.74) is 6.83. The van der Waals surface area contributed by atoms with Gasteiger partial charge in [-0.2, -0.15) is 5.10 Å². The minimum absolute atomic E-state index is 0.0499. The smallest absolute Gasteiger partial charge is 0.406 e. The van der Waals surface area contributed by atoms with E-state index in [1.54, 1.807) is 4.68 Å². The molecule has 0 unspecified atom stereocenters. The van der Waals surface area contributed by atoms with Gasteiger partial charge in [0, 0.05) is 29.8 Å². The van der Waals surface area contributed by atoms with E-state index in [0.717, 1.165) is 12.1 Å². The fourth-order valence-corrected chi connectivity index (χ4v) is 4.36. The summed E-state index contributed by atoms with van der Waals surface area (Å²) in [7, 11) is 0. The van der Waals surface area contributed by atoms with E-state index in [1.807, 2.05) is 13.8 Å². The Morgan fingerprint density at radius 1 is 1.16 bits per heavy atom. The average Bonchev–Trinajstić information content (AvgIpc) is 3.44. The lowest BCUT2D eigenvalue weighted by Crippen LogP contribution is -2.33. The van der Waals surface area contributed by atoms with Crippen LogP contribution >= 0.6 is 0 Å². The van der Waals surface area contributed by atoms with Crippen LogP contribution < -0.4 is 20.7 Å². The molecule has 0 fully saturated rings. The predicted molar refractivity (Wildman–Crippen MR) is 129 cm³/mol. The van der Waals surface area contributed by atoms with Crippen molar-refractivity contribution in [1.82, 2.24) is 19.7 Å². The van der Waals surface area contributed by atoms with Crippen LogP contribution in [-0.4, -0.2) is 38.7 Å². The Labute approximate surface area is 212 Å². The molecule has 1 aliphatic rings. The number of urea groups is 1. The van der Waals surface area contributed by atoms with Crippen molar-refractivity contribution in [3.63, 3.8) is 0 Å². The van der Waals surface area contributed by atoms with Gasteiger partial charge in [-0.25, -0.2) is 28.2 Å². The summed E-state index contributed by atoms with van der Waals surface area (Å²) < 4.78 is 73.0. The molecule has 2 amide bonds. The quantitative estimate of drug-likeness (QED) is 0.339. The average molecular weight is 533 g/mol. The van der Waals surface area contributed by atoms with Crippen molar-refractivity contribution in [3.05, 3.63) is 53.9 Å². The summed E-state index contributed by atoms with van der Waals surface area (Å²) >= 11 is 0. The van der Waals surface area contributed by atoms with Crippen molar-refractivity contribution in [2.45, 2.75) is 32.7 Å². The molecule has 9 nitrogen and oxygen atoms in total. The number of nitrogens with two attached hydrogens (primary N) is 1. The van der Waals surface area contributed by atoms with Crippen molar-refractivity contribution in [1.29, 1.82) is 0 Å². The van der Waals surface area contributed by atoms with Crippen LogP contribution in [0.25, 0.3) is 22.3 Å². The molecule has 0 radical (unpaired) electrons. The van der Waals surface area contributed by atoms with Crippen molar-refractivity contribution < 1.29 is 31.5 Å². The number of nitrogens with zero attached hydrogens (tertiary/aromatic N) is 5. The van der Waals surface area contributed by atoms with E-state index in [9.17, 15) is 22.4 Å². The van der Waals surface area contributed by atoms with Crippen molar-refractivity contribution in [2.75, 3.05) is 22.5 Å². The van der Waals surface area contributed by atoms with Crippen LogP contribution in [-0.2, 0) is 6.42 Å². The number of amides is 2. The number of carbonyl (C=O) groups excluding carboxylic acids is 1. The van der Waals surface area contributed by atoms with Crippen molar-refractivity contribution in [3.8, 4) is 17.0 Å². The van der Waals surface area contributed by atoms with Gasteiger partial charge in [0.2, 0.25) is 0 Å². The van der Waals surface area contributed by atoms with E-state index in [2.05, 4.69) is 25.1 Å². The van der Waals surface area contributed by atoms with Gasteiger partial charge in [-0.15, -0.1) is 13.2 Å². The Morgan fingerprint density at radius 3 is 2.63 bits per heavy atom. The first-order valence-corrected chi connectivity index (χ1v) is 11.4. The molecule has 2 aromatic carbocycles. The zero-order chi connectivity index (χ0) is 27.4. The SMILES string of the molecule is CC(C)n1nc(-c2ccc3c(c2F)CCN3C(=O)Nc2cc(OC(F)(F)F)ccc2F)c2c(N)ncnc21. The third kappa shape index (κ3) is 4.41. The number of alkyl halides is 3. The van der Waals surface area contributed by atoms with Gasteiger partial charge in [-0.05, 0) is 44.5 Å². The highest BCUT2D eigenvalue weighted by atomic mass is 19.4. The minimum atomic E-state index is -4.99. The molecule has 0 bridgehead atoms. The maximum atomic E-state index is 15.8. The molecule has 0 spiro atoms. The number of fused-ring (bicyclic) bond motifs is 2. The highest BCUT2D eigenvalue weighted by molar-refractivity contribution is 6.04. The number of anilines is 3. The molecule has 5 rings (SSSR count). The van der Waals surface area contributed by atoms with E-state index in [1.165, 1.54) is 23.4 Å². The Balaban J connectivity index is 1.47. The summed E-state index contributed by atoms with van der Waals surface area (Å²) in [5.74, 6) is -2.16. The van der Waals surface area contributed by atoms with Crippen LogP contribution in [0.4, 0.5) is 43.9 Å². The van der Waals surface area contributed by atoms with E-state index in [0.29, 0.717) is 17.1 Å². The molecular weight excluding hydrogens is 513 g/mol. The summed E-state index contributed by atoms with van der Waals surface area (Å²) in [4.78, 5) is 22.3. The number of rotatable bonds is 4. The van der Waals surface area contributed by atoms with Crippen molar-refractivity contribution >= 4 is 34.3 Å². The maximum absolute atomic E-state index is 15.8. The number of nitrogen functional groups attached to an aromatic ring is 1. The summed E-state index contributed by atoms with van der Waals surface area (Å²) in [6.45, 7) is 3.82. The molecule has 3 heterocycles. The highest BCUT2D eigenvalue weighted by Gasteiger charge is 2.33. The van der Waals surface area contributed by atoms with Gasteiger partial charge < -0.3 is 15.8 Å². The van der Waals surface area contributed by atoms with Crippen molar-refractivity contribution in [2.24, 2.45) is 0 Å². The fourth-order valence-electron chi connectivity index (χ4n) is 4.36. The molecule has 3 N–H and O–H groups in total. The predicted octanol–water partition coefficient (Wildman–Crippen LogP) is 5.43. The van der Waals surface area contributed by atoms with E-state index in [4.69, 9.17) is 5.73 Å². The lowest BCUT2D eigenvalue weighted by Gasteiger charge is -2.19. The van der Waals surface area contributed by atoms with E-state index in [-0.39, 0.29) is 47.3 Å². The molecule has 0 saturated carbocycles. The molecule has 2 aromatic heterocycles. The van der Waals surface area contributed by atoms with Gasteiger partial charge >= 0.3 is 12.4 Å². The third-order valence-corrected chi connectivity index (χ3v) is 6.02. The van der Waals surface area contributed by atoms with Gasteiger partial charge in [0.15, 0.2) is 5.65 Å². The van der Waals surface area contributed by atoms with Gasteiger partial charge in [-0.3, -0.25) is 4.90 Å². The second kappa shape index (κ2) is 9.11. The summed E-state index contributed by atoms with van der Waals surface area (Å²) in [6, 6.07) is 4.23. The number of halogens is 5. The number of hydrogen-bond acceptors (Lipinski definition) is 6. The summed E-state index contributed by atoms with van der Waals surface area (Å²) in [6.07, 6.45) is -3.56.